The number of nitrogens with one attached hydrogen (secondary N) is 2. The van der Waals surface area contributed by atoms with Crippen molar-refractivity contribution in [1.29, 1.82) is 0 Å². The van der Waals surface area contributed by atoms with Crippen LogP contribution in [0.1, 0.15) is 23.7 Å². The number of hydrogen-bond acceptors (Lipinski definition) is 4. The number of carbonyl (C=O) groups excluding carboxylic acids is 3. The smallest absolute Gasteiger partial charge is 0.255 e. The molecular weight excluding hydrogens is 298 g/mol. The Morgan fingerprint density at radius 2 is 2.09 bits per heavy atom. The van der Waals surface area contributed by atoms with Gasteiger partial charge in [-0.15, -0.1) is 0 Å². The third kappa shape index (κ3) is 2.74. The average Bonchev–Trinajstić information content (AvgIpc) is 2.97. The minimum atomic E-state index is -0.512. The lowest BCUT2D eigenvalue weighted by Crippen LogP contribution is -2.60. The molecule has 2 heterocycles. The summed E-state index contributed by atoms with van der Waals surface area (Å²) in [5, 5.41) is 5.55. The first-order valence-corrected chi connectivity index (χ1v) is 7.56. The van der Waals surface area contributed by atoms with E-state index in [4.69, 9.17) is 4.74 Å². The highest BCUT2D eigenvalue weighted by Gasteiger charge is 2.45. The molecule has 0 aromatic heterocycles. The lowest BCUT2D eigenvalue weighted by atomic mass is 10.1. The minimum absolute atomic E-state index is 0.108. The third-order valence-corrected chi connectivity index (χ3v) is 4.30. The topological polar surface area (TPSA) is 87.7 Å². The van der Waals surface area contributed by atoms with Crippen molar-refractivity contribution in [3.05, 3.63) is 29.8 Å². The van der Waals surface area contributed by atoms with Gasteiger partial charge in [0.2, 0.25) is 11.8 Å². The molecule has 7 heteroatoms. The zero-order chi connectivity index (χ0) is 16.6. The molecule has 2 saturated heterocycles. The Hall–Kier alpha value is -2.57. The number of rotatable bonds is 3. The van der Waals surface area contributed by atoms with Crippen LogP contribution in [0.25, 0.3) is 0 Å². The number of para-hydroxylation sites is 1. The van der Waals surface area contributed by atoms with E-state index in [-0.39, 0.29) is 23.8 Å². The Balaban J connectivity index is 1.71. The molecule has 7 nitrogen and oxygen atoms in total. The van der Waals surface area contributed by atoms with Crippen LogP contribution in [-0.4, -0.2) is 54.4 Å². The number of ether oxygens (including phenoxy) is 1. The monoisotopic (exact) mass is 317 g/mol. The number of piperazine rings is 1. The normalized spacial score (nSPS) is 26.5. The number of amides is 3. The largest absolute Gasteiger partial charge is 0.496 e. The van der Waals surface area contributed by atoms with Crippen LogP contribution in [0.5, 0.6) is 5.75 Å². The highest BCUT2D eigenvalue weighted by Crippen LogP contribution is 2.24. The maximum absolute atomic E-state index is 12.4. The molecule has 23 heavy (non-hydrogen) atoms. The summed E-state index contributed by atoms with van der Waals surface area (Å²) < 4.78 is 5.18. The molecule has 0 radical (unpaired) electrons. The molecule has 2 aliphatic rings. The number of hydrogen-bond donors (Lipinski definition) is 2. The zero-order valence-corrected chi connectivity index (χ0v) is 13.0. The van der Waals surface area contributed by atoms with Crippen LogP contribution >= 0.6 is 0 Å². The predicted molar refractivity (Wildman–Crippen MR) is 82.0 cm³/mol. The summed E-state index contributed by atoms with van der Waals surface area (Å²) >= 11 is 0. The van der Waals surface area contributed by atoms with E-state index in [1.165, 1.54) is 7.11 Å². The number of nitrogens with zero attached hydrogens (tertiary/aromatic N) is 1. The molecule has 0 spiro atoms. The quantitative estimate of drug-likeness (QED) is 0.816. The Bertz CT molecular complexity index is 660. The average molecular weight is 317 g/mol. The molecular formula is C16H19N3O4. The molecule has 0 aliphatic carbocycles. The molecule has 1 aromatic rings. The number of methoxy groups -OCH3 is 1. The van der Waals surface area contributed by atoms with E-state index in [1.807, 2.05) is 0 Å². The first-order valence-electron chi connectivity index (χ1n) is 7.56. The van der Waals surface area contributed by atoms with Gasteiger partial charge in [0.25, 0.3) is 5.91 Å². The van der Waals surface area contributed by atoms with Crippen LogP contribution in [0.2, 0.25) is 0 Å². The van der Waals surface area contributed by atoms with Gasteiger partial charge in [0.15, 0.2) is 0 Å². The van der Waals surface area contributed by atoms with E-state index >= 15 is 0 Å². The summed E-state index contributed by atoms with van der Waals surface area (Å²) in [6.45, 7) is 2.01. The Kier molecular flexibility index (Phi) is 3.94. The van der Waals surface area contributed by atoms with Gasteiger partial charge < -0.3 is 20.3 Å². The molecule has 3 atom stereocenters. The van der Waals surface area contributed by atoms with Crippen molar-refractivity contribution in [2.45, 2.75) is 31.5 Å². The summed E-state index contributed by atoms with van der Waals surface area (Å²) in [4.78, 5) is 38.1. The number of fused-ring (bicyclic) bond motifs is 1. The molecule has 0 saturated carbocycles. The lowest BCUT2D eigenvalue weighted by Gasteiger charge is -2.32. The van der Waals surface area contributed by atoms with Crippen LogP contribution in [0.3, 0.4) is 0 Å². The molecule has 2 N–H and O–H groups in total. The van der Waals surface area contributed by atoms with E-state index in [0.29, 0.717) is 24.3 Å². The standard InChI is InChI=1S/C16H19N3O4/c1-9-16(22)19-8-10(7-12(19)15(21)17-9)18-14(20)11-5-3-4-6-13(11)23-2/h3-6,9-10,12H,7-8H2,1-2H3,(H,17,21)(H,18,20)/t9-,10+,12+/m1/s1. The molecule has 122 valence electrons. The molecule has 2 aliphatic heterocycles. The van der Waals surface area contributed by atoms with Gasteiger partial charge in [0.1, 0.15) is 17.8 Å². The highest BCUT2D eigenvalue weighted by molar-refractivity contribution is 5.99. The van der Waals surface area contributed by atoms with Crippen molar-refractivity contribution in [1.82, 2.24) is 15.5 Å². The van der Waals surface area contributed by atoms with Crippen molar-refractivity contribution in [2.24, 2.45) is 0 Å². The van der Waals surface area contributed by atoms with Crippen LogP contribution in [0.4, 0.5) is 0 Å². The summed E-state index contributed by atoms with van der Waals surface area (Å²) in [5.74, 6) is -0.0499. The Morgan fingerprint density at radius 3 is 2.83 bits per heavy atom. The van der Waals surface area contributed by atoms with E-state index in [0.717, 1.165) is 0 Å². The SMILES string of the molecule is COc1ccccc1C(=O)N[C@H]1C[C@H]2C(=O)N[C@H](C)C(=O)N2C1. The summed E-state index contributed by atoms with van der Waals surface area (Å²) in [6.07, 6.45) is 0.422. The van der Waals surface area contributed by atoms with Crippen molar-refractivity contribution >= 4 is 17.7 Å². The first kappa shape index (κ1) is 15.3. The van der Waals surface area contributed by atoms with Crippen molar-refractivity contribution in [2.75, 3.05) is 13.7 Å². The fourth-order valence-corrected chi connectivity index (χ4v) is 3.15. The van der Waals surface area contributed by atoms with Gasteiger partial charge in [0.05, 0.1) is 12.7 Å². The lowest BCUT2D eigenvalue weighted by molar-refractivity contribution is -0.146. The summed E-state index contributed by atoms with van der Waals surface area (Å²) in [5.41, 5.74) is 0.434. The molecule has 2 fully saturated rings. The number of carbonyl (C=O) groups is 3. The molecule has 3 amide bonds. The van der Waals surface area contributed by atoms with Gasteiger partial charge >= 0.3 is 0 Å². The van der Waals surface area contributed by atoms with Gasteiger partial charge in [-0.3, -0.25) is 14.4 Å². The van der Waals surface area contributed by atoms with Gasteiger partial charge in [-0.05, 0) is 25.5 Å². The molecule has 0 bridgehead atoms. The van der Waals surface area contributed by atoms with E-state index in [9.17, 15) is 14.4 Å². The molecule has 1 aromatic carbocycles. The van der Waals surface area contributed by atoms with E-state index in [2.05, 4.69) is 10.6 Å². The first-order chi connectivity index (χ1) is 11.0. The predicted octanol–water partition coefficient (Wildman–Crippen LogP) is -0.0872. The second-order valence-electron chi connectivity index (χ2n) is 5.84. The van der Waals surface area contributed by atoms with Crippen LogP contribution in [0, 0.1) is 0 Å². The Labute approximate surface area is 134 Å². The van der Waals surface area contributed by atoms with Crippen LogP contribution in [-0.2, 0) is 9.59 Å². The van der Waals surface area contributed by atoms with Crippen molar-refractivity contribution in [3.8, 4) is 5.75 Å². The third-order valence-electron chi connectivity index (χ3n) is 4.30. The van der Waals surface area contributed by atoms with Crippen molar-refractivity contribution in [3.63, 3.8) is 0 Å². The van der Waals surface area contributed by atoms with E-state index < -0.39 is 12.1 Å². The van der Waals surface area contributed by atoms with Crippen LogP contribution < -0.4 is 15.4 Å². The molecule has 0 unspecified atom stereocenters. The minimum Gasteiger partial charge on any atom is -0.496 e. The summed E-state index contributed by atoms with van der Waals surface area (Å²) in [6, 6.07) is 5.67. The van der Waals surface area contributed by atoms with Gasteiger partial charge in [-0.25, -0.2) is 0 Å². The van der Waals surface area contributed by atoms with Crippen LogP contribution in [0.15, 0.2) is 24.3 Å². The fraction of sp³-hybridized carbons (Fsp3) is 0.438. The fourth-order valence-electron chi connectivity index (χ4n) is 3.15. The maximum Gasteiger partial charge on any atom is 0.255 e. The highest BCUT2D eigenvalue weighted by atomic mass is 16.5. The molecule has 3 rings (SSSR count). The second kappa shape index (κ2) is 5.91. The van der Waals surface area contributed by atoms with E-state index in [1.54, 1.807) is 36.1 Å². The second-order valence-corrected chi connectivity index (χ2v) is 5.84. The zero-order valence-electron chi connectivity index (χ0n) is 13.0. The number of benzene rings is 1. The van der Waals surface area contributed by atoms with Gasteiger partial charge in [-0.1, -0.05) is 12.1 Å². The van der Waals surface area contributed by atoms with Crippen molar-refractivity contribution < 1.29 is 19.1 Å². The summed E-state index contributed by atoms with van der Waals surface area (Å²) in [7, 11) is 1.51. The Morgan fingerprint density at radius 1 is 1.35 bits per heavy atom. The van der Waals surface area contributed by atoms with Gasteiger partial charge in [-0.2, -0.15) is 0 Å². The maximum atomic E-state index is 12.4. The van der Waals surface area contributed by atoms with Gasteiger partial charge in [0, 0.05) is 12.6 Å².